The first-order valence-electron chi connectivity index (χ1n) is 4.39. The van der Waals surface area contributed by atoms with Gasteiger partial charge in [0.15, 0.2) is 0 Å². The van der Waals surface area contributed by atoms with Gasteiger partial charge in [0.25, 0.3) is 0 Å². The van der Waals surface area contributed by atoms with Crippen molar-refractivity contribution in [2.75, 3.05) is 0 Å². The van der Waals surface area contributed by atoms with Crippen LogP contribution in [0.1, 0.15) is 40.0 Å². The molecule has 0 N–H and O–H groups in total. The van der Waals surface area contributed by atoms with Crippen LogP contribution in [0.3, 0.4) is 0 Å². The molecule has 58 valence electrons. The van der Waals surface area contributed by atoms with Gasteiger partial charge in [-0.3, -0.25) is 0 Å². The van der Waals surface area contributed by atoms with Gasteiger partial charge in [0.05, 0.1) is 0 Å². The summed E-state index contributed by atoms with van der Waals surface area (Å²) in [4.78, 5) is 0. The van der Waals surface area contributed by atoms with E-state index in [-0.39, 0.29) is 0 Å². The van der Waals surface area contributed by atoms with E-state index in [2.05, 4.69) is 26.8 Å². The summed E-state index contributed by atoms with van der Waals surface area (Å²) in [6.45, 7) is 6.93. The second kappa shape index (κ2) is 3.23. The predicted octanol–water partition coefficient (Wildman–Crippen LogP) is 3.39. The second-order valence-electron chi connectivity index (χ2n) is 3.81. The zero-order valence-electron chi connectivity index (χ0n) is 7.35. The van der Waals surface area contributed by atoms with Crippen molar-refractivity contribution < 1.29 is 0 Å². The maximum absolute atomic E-state index is 2.44. The molecule has 0 nitrogen and oxygen atoms in total. The molecule has 0 aromatic heterocycles. The summed E-state index contributed by atoms with van der Waals surface area (Å²) in [5.41, 5.74) is 1.68. The van der Waals surface area contributed by atoms with E-state index in [1.807, 2.05) is 0 Å². The first kappa shape index (κ1) is 7.84. The molecular weight excluding hydrogens is 120 g/mol. The van der Waals surface area contributed by atoms with E-state index in [4.69, 9.17) is 0 Å². The van der Waals surface area contributed by atoms with Crippen LogP contribution in [0, 0.1) is 11.8 Å². The molecule has 1 aliphatic carbocycles. The third-order valence-corrected chi connectivity index (χ3v) is 2.45. The Morgan fingerprint density at radius 1 is 1.50 bits per heavy atom. The lowest BCUT2D eigenvalue weighted by atomic mass is 9.86. The molecule has 0 fully saturated rings. The summed E-state index contributed by atoms with van der Waals surface area (Å²) in [5, 5.41) is 0. The molecule has 0 spiro atoms. The van der Waals surface area contributed by atoms with E-state index in [0.29, 0.717) is 0 Å². The van der Waals surface area contributed by atoms with Crippen molar-refractivity contribution >= 4 is 0 Å². The number of allylic oxidation sites excluding steroid dienone is 2. The van der Waals surface area contributed by atoms with Gasteiger partial charge in [0, 0.05) is 0 Å². The van der Waals surface area contributed by atoms with E-state index in [1.165, 1.54) is 19.3 Å². The smallest absolute Gasteiger partial charge is 0.0260 e. The van der Waals surface area contributed by atoms with Crippen LogP contribution in [0.25, 0.3) is 0 Å². The van der Waals surface area contributed by atoms with Crippen LogP contribution in [0.5, 0.6) is 0 Å². The second-order valence-corrected chi connectivity index (χ2v) is 3.81. The SMILES string of the molecule is CC(C)C1=CC[C@@H](C)CC1. The van der Waals surface area contributed by atoms with E-state index in [9.17, 15) is 0 Å². The van der Waals surface area contributed by atoms with Crippen molar-refractivity contribution in [1.29, 1.82) is 0 Å². The van der Waals surface area contributed by atoms with Crippen molar-refractivity contribution in [2.24, 2.45) is 11.8 Å². The lowest BCUT2D eigenvalue weighted by Crippen LogP contribution is -2.05. The Morgan fingerprint density at radius 2 is 2.20 bits per heavy atom. The quantitative estimate of drug-likeness (QED) is 0.487. The lowest BCUT2D eigenvalue weighted by molar-refractivity contribution is 0.490. The van der Waals surface area contributed by atoms with Gasteiger partial charge in [0.1, 0.15) is 0 Å². The molecule has 0 radical (unpaired) electrons. The van der Waals surface area contributed by atoms with Gasteiger partial charge in [-0.2, -0.15) is 0 Å². The van der Waals surface area contributed by atoms with Gasteiger partial charge in [-0.1, -0.05) is 32.4 Å². The zero-order chi connectivity index (χ0) is 7.56. The Bertz CT molecular complexity index is 131. The summed E-state index contributed by atoms with van der Waals surface area (Å²) in [7, 11) is 0. The minimum Gasteiger partial charge on any atom is -0.0848 e. The lowest BCUT2D eigenvalue weighted by Gasteiger charge is -2.20. The van der Waals surface area contributed by atoms with E-state index < -0.39 is 0 Å². The molecule has 0 heteroatoms. The Morgan fingerprint density at radius 3 is 2.60 bits per heavy atom. The van der Waals surface area contributed by atoms with Crippen molar-refractivity contribution in [2.45, 2.75) is 40.0 Å². The van der Waals surface area contributed by atoms with E-state index in [0.717, 1.165) is 11.8 Å². The maximum Gasteiger partial charge on any atom is -0.0260 e. The fourth-order valence-electron chi connectivity index (χ4n) is 1.51. The number of hydrogen-bond acceptors (Lipinski definition) is 0. The molecule has 0 aliphatic heterocycles. The van der Waals surface area contributed by atoms with Gasteiger partial charge in [-0.25, -0.2) is 0 Å². The molecule has 0 bridgehead atoms. The van der Waals surface area contributed by atoms with Crippen LogP contribution in [0.4, 0.5) is 0 Å². The Balaban J connectivity index is 2.48. The molecule has 1 atom stereocenters. The average molecular weight is 138 g/mol. The molecule has 0 aromatic rings. The molecule has 10 heavy (non-hydrogen) atoms. The highest BCUT2D eigenvalue weighted by molar-refractivity contribution is 5.08. The summed E-state index contributed by atoms with van der Waals surface area (Å²) in [5.74, 6) is 1.72. The van der Waals surface area contributed by atoms with Gasteiger partial charge in [-0.05, 0) is 31.1 Å². The highest BCUT2D eigenvalue weighted by Gasteiger charge is 2.11. The standard InChI is InChI=1S/C10H18/c1-8(2)10-6-4-9(3)5-7-10/h6,8-9H,4-5,7H2,1-3H3/t9-/m1/s1. The summed E-state index contributed by atoms with van der Waals surface area (Å²) in [6, 6.07) is 0. The highest BCUT2D eigenvalue weighted by Crippen LogP contribution is 2.27. The number of rotatable bonds is 1. The molecule has 0 aromatic carbocycles. The zero-order valence-corrected chi connectivity index (χ0v) is 7.35. The fraction of sp³-hybridized carbons (Fsp3) is 0.800. The molecular formula is C10H18. The predicted molar refractivity (Wildman–Crippen MR) is 45.9 cm³/mol. The maximum atomic E-state index is 2.44. The third kappa shape index (κ3) is 1.86. The Kier molecular flexibility index (Phi) is 2.53. The molecule has 0 amide bonds. The van der Waals surface area contributed by atoms with Crippen LogP contribution in [-0.2, 0) is 0 Å². The van der Waals surface area contributed by atoms with Crippen molar-refractivity contribution in [3.8, 4) is 0 Å². The van der Waals surface area contributed by atoms with Crippen molar-refractivity contribution in [3.63, 3.8) is 0 Å². The summed E-state index contributed by atoms with van der Waals surface area (Å²) >= 11 is 0. The van der Waals surface area contributed by atoms with Crippen LogP contribution in [-0.4, -0.2) is 0 Å². The Hall–Kier alpha value is -0.260. The minimum atomic E-state index is 0.785. The minimum absolute atomic E-state index is 0.785. The van der Waals surface area contributed by atoms with E-state index in [1.54, 1.807) is 5.57 Å². The largest absolute Gasteiger partial charge is 0.0848 e. The average Bonchev–Trinajstić information content (AvgIpc) is 1.88. The molecule has 1 rings (SSSR count). The fourth-order valence-corrected chi connectivity index (χ4v) is 1.51. The summed E-state index contributed by atoms with van der Waals surface area (Å²) in [6.07, 6.45) is 6.51. The first-order valence-corrected chi connectivity index (χ1v) is 4.39. The number of hydrogen-bond donors (Lipinski definition) is 0. The van der Waals surface area contributed by atoms with Gasteiger partial charge < -0.3 is 0 Å². The topological polar surface area (TPSA) is 0 Å². The monoisotopic (exact) mass is 138 g/mol. The van der Waals surface area contributed by atoms with Crippen LogP contribution in [0.15, 0.2) is 11.6 Å². The molecule has 0 heterocycles. The van der Waals surface area contributed by atoms with Crippen molar-refractivity contribution in [3.05, 3.63) is 11.6 Å². The van der Waals surface area contributed by atoms with Gasteiger partial charge in [0.2, 0.25) is 0 Å². The van der Waals surface area contributed by atoms with Crippen LogP contribution < -0.4 is 0 Å². The third-order valence-electron chi connectivity index (χ3n) is 2.45. The first-order chi connectivity index (χ1) is 4.70. The Labute approximate surface area is 64.3 Å². The highest BCUT2D eigenvalue weighted by atomic mass is 14.2. The molecule has 0 unspecified atom stereocenters. The molecule has 0 saturated heterocycles. The van der Waals surface area contributed by atoms with Gasteiger partial charge in [-0.15, -0.1) is 0 Å². The molecule has 1 aliphatic rings. The summed E-state index contributed by atoms with van der Waals surface area (Å²) < 4.78 is 0. The van der Waals surface area contributed by atoms with Gasteiger partial charge >= 0.3 is 0 Å². The van der Waals surface area contributed by atoms with E-state index >= 15 is 0 Å². The molecule has 0 saturated carbocycles. The van der Waals surface area contributed by atoms with Crippen LogP contribution in [0.2, 0.25) is 0 Å². The van der Waals surface area contributed by atoms with Crippen molar-refractivity contribution in [1.82, 2.24) is 0 Å². The normalized spacial score (nSPS) is 26.8. The van der Waals surface area contributed by atoms with Crippen LogP contribution >= 0.6 is 0 Å².